The van der Waals surface area contributed by atoms with Crippen molar-refractivity contribution in [2.75, 3.05) is 0 Å². The molecule has 0 N–H and O–H groups in total. The quantitative estimate of drug-likeness (QED) is 0.591. The monoisotopic (exact) mass is 180 g/mol. The van der Waals surface area contributed by atoms with Crippen LogP contribution in [0.5, 0.6) is 0 Å². The van der Waals surface area contributed by atoms with Crippen LogP contribution in [0.3, 0.4) is 0 Å². The molecule has 1 aromatic carbocycles. The third-order valence-electron chi connectivity index (χ3n) is 1.41. The lowest BCUT2D eigenvalue weighted by atomic mass is 10.2. The first-order chi connectivity index (χ1) is 5.47. The molecule has 0 fully saturated rings. The molecule has 1 rings (SSSR count). The topological polar surface area (TPSA) is 0 Å². The Morgan fingerprint density at radius 2 is 1.83 bits per heavy atom. The Morgan fingerprint density at radius 3 is 2.33 bits per heavy atom. The van der Waals surface area contributed by atoms with Gasteiger partial charge in [-0.25, -0.2) is 0 Å². The van der Waals surface area contributed by atoms with Crippen molar-refractivity contribution in [2.24, 2.45) is 0 Å². The predicted octanol–water partition coefficient (Wildman–Crippen LogP) is 3.89. The summed E-state index contributed by atoms with van der Waals surface area (Å²) < 4.78 is 0.313. The summed E-state index contributed by atoms with van der Waals surface area (Å²) in [7, 11) is 0. The second-order valence-electron chi connectivity index (χ2n) is 4.03. The Balaban J connectivity index is 2.77. The Labute approximate surface area is 79.4 Å². The molecule has 0 saturated heterocycles. The minimum atomic E-state index is 0.313. The standard InChI is InChI=1S/C11H16S/c1-9-6-5-7-10(8-9)12-11(2,3)4/h5-8H,1-4H3. The van der Waals surface area contributed by atoms with Crippen molar-refractivity contribution in [3.63, 3.8) is 0 Å². The summed E-state index contributed by atoms with van der Waals surface area (Å²) in [6, 6.07) is 8.65. The molecule has 0 spiro atoms. The SMILES string of the molecule is Cc1cccc(SC(C)(C)C)c1. The Hall–Kier alpha value is -0.430. The van der Waals surface area contributed by atoms with E-state index in [9.17, 15) is 0 Å². The van der Waals surface area contributed by atoms with Gasteiger partial charge in [-0.2, -0.15) is 0 Å². The van der Waals surface area contributed by atoms with Gasteiger partial charge in [0.1, 0.15) is 0 Å². The second-order valence-corrected chi connectivity index (χ2v) is 5.93. The molecule has 12 heavy (non-hydrogen) atoms. The fourth-order valence-corrected chi connectivity index (χ4v) is 2.13. The van der Waals surface area contributed by atoms with Gasteiger partial charge in [-0.1, -0.05) is 38.5 Å². The second kappa shape index (κ2) is 3.53. The van der Waals surface area contributed by atoms with Crippen molar-refractivity contribution in [3.8, 4) is 0 Å². The van der Waals surface area contributed by atoms with Gasteiger partial charge in [0.15, 0.2) is 0 Å². The number of hydrogen-bond acceptors (Lipinski definition) is 1. The first-order valence-electron chi connectivity index (χ1n) is 4.23. The summed E-state index contributed by atoms with van der Waals surface area (Å²) in [5.41, 5.74) is 1.34. The maximum atomic E-state index is 2.24. The molecule has 0 amide bonds. The third-order valence-corrected chi connectivity index (χ3v) is 2.52. The maximum Gasteiger partial charge on any atom is 0.0122 e. The van der Waals surface area contributed by atoms with Crippen LogP contribution in [0.4, 0.5) is 0 Å². The minimum absolute atomic E-state index is 0.313. The Morgan fingerprint density at radius 1 is 1.17 bits per heavy atom. The number of rotatable bonds is 1. The highest BCUT2D eigenvalue weighted by Gasteiger charge is 2.11. The fraction of sp³-hybridized carbons (Fsp3) is 0.455. The largest absolute Gasteiger partial charge is 0.120 e. The van der Waals surface area contributed by atoms with Gasteiger partial charge in [0.2, 0.25) is 0 Å². The molecule has 0 unspecified atom stereocenters. The molecule has 1 heteroatoms. The van der Waals surface area contributed by atoms with Crippen LogP contribution < -0.4 is 0 Å². The highest BCUT2D eigenvalue weighted by molar-refractivity contribution is 8.00. The molecule has 0 aliphatic carbocycles. The van der Waals surface area contributed by atoms with Crippen LogP contribution >= 0.6 is 11.8 Å². The molecule has 0 saturated carbocycles. The lowest BCUT2D eigenvalue weighted by molar-refractivity contribution is 0.803. The highest BCUT2D eigenvalue weighted by Crippen LogP contribution is 2.31. The van der Waals surface area contributed by atoms with Crippen molar-refractivity contribution in [2.45, 2.75) is 37.3 Å². The van der Waals surface area contributed by atoms with Crippen molar-refractivity contribution in [1.29, 1.82) is 0 Å². The van der Waals surface area contributed by atoms with Crippen LogP contribution in [-0.2, 0) is 0 Å². The zero-order valence-corrected chi connectivity index (χ0v) is 9.03. The number of hydrogen-bond donors (Lipinski definition) is 0. The van der Waals surface area contributed by atoms with Gasteiger partial charge in [0.25, 0.3) is 0 Å². The van der Waals surface area contributed by atoms with E-state index in [0.29, 0.717) is 4.75 Å². The highest BCUT2D eigenvalue weighted by atomic mass is 32.2. The Bertz CT molecular complexity index is 258. The van der Waals surface area contributed by atoms with Gasteiger partial charge in [-0.3, -0.25) is 0 Å². The van der Waals surface area contributed by atoms with E-state index in [0.717, 1.165) is 0 Å². The number of benzene rings is 1. The molecule has 0 aliphatic rings. The van der Waals surface area contributed by atoms with Gasteiger partial charge in [0, 0.05) is 9.64 Å². The summed E-state index contributed by atoms with van der Waals surface area (Å²) in [5, 5.41) is 0. The fourth-order valence-electron chi connectivity index (χ4n) is 1.03. The summed E-state index contributed by atoms with van der Waals surface area (Å²) in [4.78, 5) is 1.36. The molecule has 0 atom stereocenters. The molecular weight excluding hydrogens is 164 g/mol. The number of aryl methyl sites for hydroxylation is 1. The smallest absolute Gasteiger partial charge is 0.0122 e. The average Bonchev–Trinajstić information content (AvgIpc) is 1.82. The van der Waals surface area contributed by atoms with E-state index in [-0.39, 0.29) is 0 Å². The van der Waals surface area contributed by atoms with Crippen molar-refractivity contribution < 1.29 is 0 Å². The predicted molar refractivity (Wildman–Crippen MR) is 56.8 cm³/mol. The first-order valence-corrected chi connectivity index (χ1v) is 5.05. The zero-order valence-electron chi connectivity index (χ0n) is 8.22. The van der Waals surface area contributed by atoms with Gasteiger partial charge in [0.05, 0.1) is 0 Å². The molecule has 0 heterocycles. The lowest BCUT2D eigenvalue weighted by Gasteiger charge is -2.17. The molecule has 0 radical (unpaired) electrons. The molecule has 1 aromatic rings. The third kappa shape index (κ3) is 3.31. The first kappa shape index (κ1) is 9.66. The van der Waals surface area contributed by atoms with Crippen LogP contribution in [0.15, 0.2) is 29.2 Å². The molecule has 66 valence electrons. The summed E-state index contributed by atoms with van der Waals surface area (Å²) in [5.74, 6) is 0. The van der Waals surface area contributed by atoms with Crippen LogP contribution in [0, 0.1) is 6.92 Å². The summed E-state index contributed by atoms with van der Waals surface area (Å²) >= 11 is 1.91. The van der Waals surface area contributed by atoms with Gasteiger partial charge in [-0.05, 0) is 19.1 Å². The van der Waals surface area contributed by atoms with E-state index >= 15 is 0 Å². The molecular formula is C11H16S. The number of thioether (sulfide) groups is 1. The van der Waals surface area contributed by atoms with Crippen molar-refractivity contribution in [1.82, 2.24) is 0 Å². The van der Waals surface area contributed by atoms with Gasteiger partial charge >= 0.3 is 0 Å². The van der Waals surface area contributed by atoms with E-state index in [1.807, 2.05) is 11.8 Å². The van der Waals surface area contributed by atoms with Crippen LogP contribution in [0.1, 0.15) is 26.3 Å². The molecule has 0 nitrogen and oxygen atoms in total. The van der Waals surface area contributed by atoms with E-state index in [1.54, 1.807) is 0 Å². The van der Waals surface area contributed by atoms with Crippen molar-refractivity contribution >= 4 is 11.8 Å². The van der Waals surface area contributed by atoms with Gasteiger partial charge < -0.3 is 0 Å². The maximum absolute atomic E-state index is 2.24. The summed E-state index contributed by atoms with van der Waals surface area (Å²) in [6.45, 7) is 8.84. The van der Waals surface area contributed by atoms with Crippen LogP contribution in [0.25, 0.3) is 0 Å². The normalized spacial score (nSPS) is 11.7. The van der Waals surface area contributed by atoms with E-state index in [1.165, 1.54) is 10.5 Å². The van der Waals surface area contributed by atoms with Crippen LogP contribution in [0.2, 0.25) is 0 Å². The minimum Gasteiger partial charge on any atom is -0.120 e. The van der Waals surface area contributed by atoms with Crippen LogP contribution in [-0.4, -0.2) is 4.75 Å². The average molecular weight is 180 g/mol. The van der Waals surface area contributed by atoms with E-state index in [2.05, 4.69) is 52.0 Å². The summed E-state index contributed by atoms with van der Waals surface area (Å²) in [6.07, 6.45) is 0. The van der Waals surface area contributed by atoms with Gasteiger partial charge in [-0.15, -0.1) is 11.8 Å². The molecule has 0 aliphatic heterocycles. The molecule has 0 aromatic heterocycles. The van der Waals surface area contributed by atoms with Crippen molar-refractivity contribution in [3.05, 3.63) is 29.8 Å². The Kier molecular flexibility index (Phi) is 2.84. The van der Waals surface area contributed by atoms with E-state index in [4.69, 9.17) is 0 Å². The zero-order chi connectivity index (χ0) is 9.19. The lowest BCUT2D eigenvalue weighted by Crippen LogP contribution is -2.06. The molecule has 0 bridgehead atoms. The van der Waals surface area contributed by atoms with E-state index < -0.39 is 0 Å².